The maximum atomic E-state index is 2.50. The van der Waals surface area contributed by atoms with Gasteiger partial charge < -0.3 is 0 Å². The van der Waals surface area contributed by atoms with Crippen LogP contribution in [0.25, 0.3) is 0 Å². The first-order chi connectivity index (χ1) is 11.3. The molecule has 0 bridgehead atoms. The van der Waals surface area contributed by atoms with Crippen LogP contribution in [0.5, 0.6) is 0 Å². The van der Waals surface area contributed by atoms with E-state index < -0.39 is 8.07 Å². The molecule has 0 aliphatic heterocycles. The Balaban J connectivity index is 2.07. The van der Waals surface area contributed by atoms with Gasteiger partial charge in [0, 0.05) is 5.54 Å². The molecule has 117 valence electrons. The van der Waals surface area contributed by atoms with Gasteiger partial charge in [0.05, 0.1) is 0 Å². The van der Waals surface area contributed by atoms with Gasteiger partial charge in [-0.05, 0) is 12.8 Å². The quantitative estimate of drug-likeness (QED) is 0.679. The monoisotopic (exact) mass is 317 g/mol. The molecule has 2 aromatic carbocycles. The summed E-state index contributed by atoms with van der Waals surface area (Å²) in [7, 11) is -1.92. The van der Waals surface area contributed by atoms with Crippen LogP contribution in [0.15, 0.2) is 84.5 Å². The van der Waals surface area contributed by atoms with E-state index in [1.807, 2.05) is 0 Å². The molecule has 0 atom stereocenters. The number of benzene rings is 2. The molecule has 0 saturated heterocycles. The molecule has 1 aliphatic rings. The summed E-state index contributed by atoms with van der Waals surface area (Å²) in [6, 6.07) is 22.2. The fraction of sp³-hybridized carbons (Fsp3) is 0.227. The van der Waals surface area contributed by atoms with E-state index >= 15 is 0 Å². The van der Waals surface area contributed by atoms with E-state index in [1.165, 1.54) is 29.6 Å². The molecule has 0 N–H and O–H groups in total. The molecule has 1 heteroatoms. The predicted molar refractivity (Wildman–Crippen MR) is 104 cm³/mol. The predicted octanol–water partition coefficient (Wildman–Crippen LogP) is 4.68. The third-order valence-electron chi connectivity index (χ3n) is 4.95. The standard InChI is InChI=1S/C22H25Si/c1-3-4-12-19-13-11-18-22(19)23(2,20-14-7-5-8-15-20)21-16-9-6-10-17-21/h5-11,13-18H,3-4,12H2,1-2H3. The average molecular weight is 318 g/mol. The van der Waals surface area contributed by atoms with Gasteiger partial charge in [-0.25, -0.2) is 0 Å². The Labute approximate surface area is 141 Å². The lowest BCUT2D eigenvalue weighted by atomic mass is 10.1. The normalized spacial score (nSPS) is 15.0. The van der Waals surface area contributed by atoms with Gasteiger partial charge in [0.2, 0.25) is 0 Å². The Morgan fingerprint density at radius 1 is 0.826 bits per heavy atom. The van der Waals surface area contributed by atoms with Gasteiger partial charge in [0.25, 0.3) is 0 Å². The number of hydrogen-bond donors (Lipinski definition) is 0. The van der Waals surface area contributed by atoms with Crippen molar-refractivity contribution in [2.24, 2.45) is 0 Å². The largest absolute Gasteiger partial charge is 0.129 e. The first kappa shape index (κ1) is 16.0. The van der Waals surface area contributed by atoms with Gasteiger partial charge >= 0.3 is 0 Å². The lowest BCUT2D eigenvalue weighted by Gasteiger charge is -2.35. The first-order valence-electron chi connectivity index (χ1n) is 8.63. The minimum absolute atomic E-state index is 1.20. The van der Waals surface area contributed by atoms with Crippen LogP contribution in [0.4, 0.5) is 0 Å². The van der Waals surface area contributed by atoms with Crippen molar-refractivity contribution in [1.29, 1.82) is 0 Å². The molecule has 23 heavy (non-hydrogen) atoms. The maximum Gasteiger partial charge on any atom is 0.129 e. The lowest BCUT2D eigenvalue weighted by molar-refractivity contribution is 0.791. The zero-order valence-electron chi connectivity index (χ0n) is 14.1. The van der Waals surface area contributed by atoms with Gasteiger partial charge in [0.1, 0.15) is 8.07 Å². The van der Waals surface area contributed by atoms with Crippen molar-refractivity contribution in [3.05, 3.63) is 90.0 Å². The zero-order valence-corrected chi connectivity index (χ0v) is 15.1. The zero-order chi connectivity index (χ0) is 16.1. The van der Waals surface area contributed by atoms with Crippen molar-refractivity contribution < 1.29 is 0 Å². The molecule has 0 spiro atoms. The Hall–Kier alpha value is -1.86. The van der Waals surface area contributed by atoms with Gasteiger partial charge in [-0.1, -0.05) is 115 Å². The summed E-state index contributed by atoms with van der Waals surface area (Å²) < 4.78 is 0. The SMILES string of the molecule is CCCCC1=CC=C[C]1[Si](C)(c1ccccc1)c1ccccc1. The Morgan fingerprint density at radius 2 is 1.39 bits per heavy atom. The van der Waals surface area contributed by atoms with Crippen molar-refractivity contribution >= 4 is 18.4 Å². The third-order valence-corrected chi connectivity index (χ3v) is 9.49. The van der Waals surface area contributed by atoms with Crippen LogP contribution in [-0.2, 0) is 0 Å². The fourth-order valence-corrected chi connectivity index (χ4v) is 7.50. The molecule has 2 aromatic rings. The van der Waals surface area contributed by atoms with Crippen LogP contribution in [-0.4, -0.2) is 8.07 Å². The van der Waals surface area contributed by atoms with Gasteiger partial charge in [0.15, 0.2) is 0 Å². The second-order valence-electron chi connectivity index (χ2n) is 6.43. The molecular weight excluding hydrogens is 292 g/mol. The van der Waals surface area contributed by atoms with Crippen molar-refractivity contribution in [1.82, 2.24) is 0 Å². The third kappa shape index (κ3) is 3.11. The van der Waals surface area contributed by atoms with E-state index in [-0.39, 0.29) is 0 Å². The van der Waals surface area contributed by atoms with Crippen molar-refractivity contribution in [2.75, 3.05) is 0 Å². The molecule has 0 amide bonds. The van der Waals surface area contributed by atoms with Gasteiger partial charge in [-0.2, -0.15) is 0 Å². The second-order valence-corrected chi connectivity index (χ2v) is 10.4. The highest BCUT2D eigenvalue weighted by Gasteiger charge is 2.41. The Bertz CT molecular complexity index is 643. The average Bonchev–Trinajstić information content (AvgIpc) is 3.10. The molecule has 0 nitrogen and oxygen atoms in total. The summed E-state index contributed by atoms with van der Waals surface area (Å²) in [4.78, 5) is 0. The van der Waals surface area contributed by atoms with E-state index in [0.29, 0.717) is 0 Å². The van der Waals surface area contributed by atoms with Crippen molar-refractivity contribution in [2.45, 2.75) is 32.7 Å². The van der Waals surface area contributed by atoms with Crippen molar-refractivity contribution in [3.63, 3.8) is 0 Å². The molecule has 0 fully saturated rings. The van der Waals surface area contributed by atoms with Crippen LogP contribution in [0.3, 0.4) is 0 Å². The van der Waals surface area contributed by atoms with Crippen LogP contribution in [0, 0.1) is 5.54 Å². The topological polar surface area (TPSA) is 0 Å². The summed E-state index contributed by atoms with van der Waals surface area (Å²) >= 11 is 0. The van der Waals surface area contributed by atoms with Crippen LogP contribution in [0.1, 0.15) is 26.2 Å². The summed E-state index contributed by atoms with van der Waals surface area (Å²) in [6.07, 6.45) is 10.7. The van der Waals surface area contributed by atoms with Gasteiger partial charge in [-0.3, -0.25) is 0 Å². The molecule has 1 aliphatic carbocycles. The van der Waals surface area contributed by atoms with Crippen LogP contribution >= 0.6 is 0 Å². The number of allylic oxidation sites excluding steroid dienone is 4. The molecule has 0 unspecified atom stereocenters. The fourth-order valence-electron chi connectivity index (χ4n) is 3.55. The van der Waals surface area contributed by atoms with Gasteiger partial charge in [-0.15, -0.1) is 0 Å². The number of rotatable bonds is 6. The molecule has 0 saturated carbocycles. The first-order valence-corrected chi connectivity index (χ1v) is 11.1. The minimum atomic E-state index is -1.92. The summed E-state index contributed by atoms with van der Waals surface area (Å²) in [5.41, 5.74) is 3.14. The smallest absolute Gasteiger partial charge is 0.0754 e. The highest BCUT2D eigenvalue weighted by molar-refractivity contribution is 7.06. The molecule has 0 heterocycles. The highest BCUT2D eigenvalue weighted by atomic mass is 28.3. The van der Waals surface area contributed by atoms with Crippen LogP contribution < -0.4 is 10.4 Å². The Morgan fingerprint density at radius 3 is 1.91 bits per heavy atom. The van der Waals surface area contributed by atoms with E-state index in [0.717, 1.165) is 0 Å². The number of hydrogen-bond acceptors (Lipinski definition) is 0. The highest BCUT2D eigenvalue weighted by Crippen LogP contribution is 2.34. The van der Waals surface area contributed by atoms with Crippen LogP contribution in [0.2, 0.25) is 6.55 Å². The van der Waals surface area contributed by atoms with E-state index in [1.54, 1.807) is 11.1 Å². The summed E-state index contributed by atoms with van der Waals surface area (Å²) in [5.74, 6) is 0. The van der Waals surface area contributed by atoms with E-state index in [9.17, 15) is 0 Å². The molecule has 3 rings (SSSR count). The summed E-state index contributed by atoms with van der Waals surface area (Å²) in [6.45, 7) is 4.77. The lowest BCUT2D eigenvalue weighted by Crippen LogP contribution is -2.60. The minimum Gasteiger partial charge on any atom is -0.0754 e. The van der Waals surface area contributed by atoms with E-state index in [2.05, 4.69) is 92.4 Å². The summed E-state index contributed by atoms with van der Waals surface area (Å²) in [5, 5.41) is 2.99. The molecular formula is C22H25Si. The molecule has 0 aromatic heterocycles. The molecule has 1 radical (unpaired) electrons. The number of unbranched alkanes of at least 4 members (excludes halogenated alkanes) is 1. The second kappa shape index (κ2) is 7.14. The van der Waals surface area contributed by atoms with Crippen molar-refractivity contribution in [3.8, 4) is 0 Å². The maximum absolute atomic E-state index is 2.50. The Kier molecular flexibility index (Phi) is 4.97. The van der Waals surface area contributed by atoms with E-state index in [4.69, 9.17) is 0 Å².